The Balaban J connectivity index is 2.99. The van der Waals surface area contributed by atoms with Crippen molar-refractivity contribution < 1.29 is 26.3 Å². The monoisotopic (exact) mass is 381 g/mol. The van der Waals surface area contributed by atoms with E-state index in [1.165, 1.54) is 4.31 Å². The van der Waals surface area contributed by atoms with E-state index < -0.39 is 22.1 Å². The Labute approximate surface area is 148 Å². The van der Waals surface area contributed by atoms with Crippen LogP contribution in [-0.2, 0) is 10.0 Å². The van der Waals surface area contributed by atoms with E-state index in [1.54, 1.807) is 0 Å². The number of ether oxygens (including phenoxy) is 1. The lowest BCUT2D eigenvalue weighted by Crippen LogP contribution is -2.34. The molecule has 0 spiro atoms. The standard InChI is InChI=1S/C17H26F3NO3S/c1-5-6-12-21(13-11-16(2,3)4)25(22,23)15-9-7-14(8-10-15)24-17(18,19)20/h7-10H,5-6,11-13H2,1-4H3. The van der Waals surface area contributed by atoms with Gasteiger partial charge in [0, 0.05) is 13.1 Å². The quantitative estimate of drug-likeness (QED) is 0.649. The van der Waals surface area contributed by atoms with Gasteiger partial charge in [0.15, 0.2) is 0 Å². The second-order valence-corrected chi connectivity index (χ2v) is 9.03. The molecular formula is C17H26F3NO3S. The molecule has 0 atom stereocenters. The van der Waals surface area contributed by atoms with Gasteiger partial charge in [-0.15, -0.1) is 13.2 Å². The first kappa shape index (κ1) is 21.8. The van der Waals surface area contributed by atoms with Crippen LogP contribution in [0.4, 0.5) is 13.2 Å². The van der Waals surface area contributed by atoms with Gasteiger partial charge in [-0.3, -0.25) is 0 Å². The Morgan fingerprint density at radius 2 is 1.60 bits per heavy atom. The molecule has 0 radical (unpaired) electrons. The molecule has 0 heterocycles. The molecule has 0 fully saturated rings. The zero-order chi connectivity index (χ0) is 19.3. The van der Waals surface area contributed by atoms with Crippen LogP contribution in [0.15, 0.2) is 29.2 Å². The zero-order valence-electron chi connectivity index (χ0n) is 15.1. The highest BCUT2D eigenvalue weighted by molar-refractivity contribution is 7.89. The molecule has 0 aliphatic rings. The number of unbranched alkanes of at least 4 members (excludes halogenated alkanes) is 1. The third kappa shape index (κ3) is 7.64. The highest BCUT2D eigenvalue weighted by Crippen LogP contribution is 2.26. The highest BCUT2D eigenvalue weighted by atomic mass is 32.2. The van der Waals surface area contributed by atoms with Crippen molar-refractivity contribution in [2.45, 2.75) is 58.2 Å². The molecule has 0 aliphatic carbocycles. The van der Waals surface area contributed by atoms with Gasteiger partial charge in [0.05, 0.1) is 4.90 Å². The average Bonchev–Trinajstić information content (AvgIpc) is 2.44. The van der Waals surface area contributed by atoms with Gasteiger partial charge in [0.2, 0.25) is 10.0 Å². The smallest absolute Gasteiger partial charge is 0.406 e. The first-order valence-corrected chi connectivity index (χ1v) is 9.65. The Hall–Kier alpha value is -1.28. The van der Waals surface area contributed by atoms with Crippen molar-refractivity contribution in [1.82, 2.24) is 4.31 Å². The average molecular weight is 381 g/mol. The summed E-state index contributed by atoms with van der Waals surface area (Å²) in [5.74, 6) is -0.443. The second-order valence-electron chi connectivity index (χ2n) is 7.09. The second kappa shape index (κ2) is 8.40. The predicted molar refractivity (Wildman–Crippen MR) is 90.9 cm³/mol. The van der Waals surface area contributed by atoms with Crippen LogP contribution in [0.2, 0.25) is 0 Å². The summed E-state index contributed by atoms with van der Waals surface area (Å²) in [5.41, 5.74) is -0.0234. The number of halogens is 3. The van der Waals surface area contributed by atoms with Gasteiger partial charge in [0.1, 0.15) is 5.75 Å². The fourth-order valence-corrected chi connectivity index (χ4v) is 3.59. The number of nitrogens with zero attached hydrogens (tertiary/aromatic N) is 1. The van der Waals surface area contributed by atoms with Crippen LogP contribution in [0.1, 0.15) is 47.0 Å². The molecular weight excluding hydrogens is 355 g/mol. The van der Waals surface area contributed by atoms with Crippen LogP contribution in [0.25, 0.3) is 0 Å². The molecule has 8 heteroatoms. The number of hydrogen-bond donors (Lipinski definition) is 0. The largest absolute Gasteiger partial charge is 0.573 e. The van der Waals surface area contributed by atoms with E-state index >= 15 is 0 Å². The molecule has 25 heavy (non-hydrogen) atoms. The fourth-order valence-electron chi connectivity index (χ4n) is 2.11. The third-order valence-corrected chi connectivity index (χ3v) is 5.48. The molecule has 1 rings (SSSR count). The van der Waals surface area contributed by atoms with E-state index in [0.29, 0.717) is 19.5 Å². The van der Waals surface area contributed by atoms with Crippen molar-refractivity contribution >= 4 is 10.0 Å². The van der Waals surface area contributed by atoms with E-state index in [4.69, 9.17) is 0 Å². The van der Waals surface area contributed by atoms with E-state index in [0.717, 1.165) is 37.1 Å². The third-order valence-electron chi connectivity index (χ3n) is 3.57. The van der Waals surface area contributed by atoms with Crippen LogP contribution in [-0.4, -0.2) is 32.2 Å². The number of sulfonamides is 1. The van der Waals surface area contributed by atoms with E-state index in [1.807, 2.05) is 27.7 Å². The molecule has 0 aliphatic heterocycles. The SMILES string of the molecule is CCCCN(CCC(C)(C)C)S(=O)(=O)c1ccc(OC(F)(F)F)cc1. The molecule has 0 saturated carbocycles. The van der Waals surface area contributed by atoms with E-state index in [-0.39, 0.29) is 10.3 Å². The minimum Gasteiger partial charge on any atom is -0.406 e. The lowest BCUT2D eigenvalue weighted by molar-refractivity contribution is -0.274. The summed E-state index contributed by atoms with van der Waals surface area (Å²) >= 11 is 0. The fraction of sp³-hybridized carbons (Fsp3) is 0.647. The molecule has 0 unspecified atom stereocenters. The van der Waals surface area contributed by atoms with Crippen LogP contribution >= 0.6 is 0 Å². The van der Waals surface area contributed by atoms with Gasteiger partial charge in [-0.05, 0) is 42.5 Å². The summed E-state index contributed by atoms with van der Waals surface area (Å²) in [7, 11) is -3.76. The number of alkyl halides is 3. The lowest BCUT2D eigenvalue weighted by atomic mass is 9.92. The summed E-state index contributed by atoms with van der Waals surface area (Å²) in [6.07, 6.45) is -2.55. The van der Waals surface area contributed by atoms with Gasteiger partial charge in [-0.1, -0.05) is 34.1 Å². The summed E-state index contributed by atoms with van der Waals surface area (Å²) in [6, 6.07) is 4.32. The molecule has 144 valence electrons. The maximum absolute atomic E-state index is 12.8. The van der Waals surface area contributed by atoms with Gasteiger partial charge in [-0.25, -0.2) is 8.42 Å². The zero-order valence-corrected chi connectivity index (χ0v) is 15.9. The van der Waals surface area contributed by atoms with E-state index in [2.05, 4.69) is 4.74 Å². The Morgan fingerprint density at radius 3 is 2.04 bits per heavy atom. The Morgan fingerprint density at radius 1 is 1.04 bits per heavy atom. The van der Waals surface area contributed by atoms with Crippen molar-refractivity contribution in [2.75, 3.05) is 13.1 Å². The molecule has 1 aromatic rings. The first-order valence-electron chi connectivity index (χ1n) is 8.21. The number of hydrogen-bond acceptors (Lipinski definition) is 3. The summed E-state index contributed by atoms with van der Waals surface area (Å²) in [6.45, 7) is 8.81. The molecule has 0 bridgehead atoms. The first-order chi connectivity index (χ1) is 11.3. The number of rotatable bonds is 8. The van der Waals surface area contributed by atoms with E-state index in [9.17, 15) is 21.6 Å². The van der Waals surface area contributed by atoms with Gasteiger partial charge >= 0.3 is 6.36 Å². The molecule has 0 saturated heterocycles. The van der Waals surface area contributed by atoms with Gasteiger partial charge < -0.3 is 4.74 Å². The predicted octanol–water partition coefficient (Wildman–Crippen LogP) is 4.81. The molecule has 0 aromatic heterocycles. The van der Waals surface area contributed by atoms with Crippen molar-refractivity contribution in [3.05, 3.63) is 24.3 Å². The van der Waals surface area contributed by atoms with Crippen LogP contribution in [0.3, 0.4) is 0 Å². The maximum atomic E-state index is 12.8. The summed E-state index contributed by atoms with van der Waals surface area (Å²) in [5, 5.41) is 0. The summed E-state index contributed by atoms with van der Waals surface area (Å²) < 4.78 is 67.4. The Bertz CT molecular complexity index is 635. The Kier molecular flexibility index (Phi) is 7.31. The minimum atomic E-state index is -4.81. The van der Waals surface area contributed by atoms with Crippen LogP contribution in [0.5, 0.6) is 5.75 Å². The molecule has 4 nitrogen and oxygen atoms in total. The maximum Gasteiger partial charge on any atom is 0.573 e. The minimum absolute atomic E-state index is 0.0234. The van der Waals surface area contributed by atoms with Crippen molar-refractivity contribution in [3.8, 4) is 5.75 Å². The van der Waals surface area contributed by atoms with Crippen LogP contribution in [0, 0.1) is 5.41 Å². The summed E-state index contributed by atoms with van der Waals surface area (Å²) in [4.78, 5) is -0.0352. The normalized spacial score (nSPS) is 13.3. The molecule has 0 amide bonds. The van der Waals surface area contributed by atoms with Gasteiger partial charge in [0.25, 0.3) is 0 Å². The number of benzene rings is 1. The highest BCUT2D eigenvalue weighted by Gasteiger charge is 2.31. The topological polar surface area (TPSA) is 46.6 Å². The van der Waals surface area contributed by atoms with Crippen molar-refractivity contribution in [2.24, 2.45) is 5.41 Å². The van der Waals surface area contributed by atoms with Crippen molar-refractivity contribution in [3.63, 3.8) is 0 Å². The molecule has 0 N–H and O–H groups in total. The van der Waals surface area contributed by atoms with Gasteiger partial charge in [-0.2, -0.15) is 4.31 Å². The van der Waals surface area contributed by atoms with Crippen molar-refractivity contribution in [1.29, 1.82) is 0 Å². The lowest BCUT2D eigenvalue weighted by Gasteiger charge is -2.26. The van der Waals surface area contributed by atoms with Crippen LogP contribution < -0.4 is 4.74 Å². The molecule has 1 aromatic carbocycles.